The number of amides is 1. The van der Waals surface area contributed by atoms with E-state index in [-0.39, 0.29) is 16.4 Å². The molecule has 170 valence electrons. The lowest BCUT2D eigenvalue weighted by molar-refractivity contribution is -0.119. The zero-order valence-corrected chi connectivity index (χ0v) is 20.1. The number of aromatic nitrogens is 1. The van der Waals surface area contributed by atoms with Crippen LogP contribution in [-0.2, 0) is 14.8 Å². The van der Waals surface area contributed by atoms with Crippen LogP contribution in [0, 0.1) is 20.8 Å². The number of hydrogen-bond acceptors (Lipinski definition) is 4. The van der Waals surface area contributed by atoms with Gasteiger partial charge in [-0.2, -0.15) is 0 Å². The van der Waals surface area contributed by atoms with Gasteiger partial charge in [0.15, 0.2) is 0 Å². The number of aryl methyl sites for hydroxylation is 3. The number of rotatable bonds is 6. The Morgan fingerprint density at radius 3 is 2.22 bits per heavy atom. The number of carbonyl (C=O) groups excluding carboxylic acids is 1. The molecule has 1 unspecified atom stereocenters. The third-order valence-electron chi connectivity index (χ3n) is 5.59. The van der Waals surface area contributed by atoms with E-state index >= 15 is 0 Å². The van der Waals surface area contributed by atoms with Crippen molar-refractivity contribution in [3.63, 3.8) is 0 Å². The Balaban J connectivity index is 2.01. The average molecular weight is 456 g/mol. The van der Waals surface area contributed by atoms with Crippen molar-refractivity contribution < 1.29 is 13.2 Å². The second-order valence-corrected chi connectivity index (χ2v) is 10.4. The van der Waals surface area contributed by atoms with Crippen molar-refractivity contribution in [3.05, 3.63) is 69.5 Å². The number of hydrogen-bond donors (Lipinski definition) is 1. The Hall–Kier alpha value is -2.97. The van der Waals surface area contributed by atoms with E-state index in [0.29, 0.717) is 12.1 Å². The van der Waals surface area contributed by atoms with E-state index < -0.39 is 16.1 Å². The number of carbonyl (C=O) groups is 1. The van der Waals surface area contributed by atoms with Crippen molar-refractivity contribution in [1.82, 2.24) is 8.87 Å². The Morgan fingerprint density at radius 1 is 1.03 bits per heavy atom. The predicted octanol–water partition coefficient (Wildman–Crippen LogP) is 3.77. The standard InChI is InChI=1S/C24H29N3O4S/c1-7-21(24(29)25-18-8-10-19(11-9-18)32(30,31)26(5)6)27-22(28)14-16(3)20-13-15(2)12-17(4)23(20)27/h8-14,21H,7H2,1-6H3,(H,25,29). The number of fused-ring (bicyclic) bond motifs is 1. The lowest BCUT2D eigenvalue weighted by atomic mass is 10.0. The third-order valence-corrected chi connectivity index (χ3v) is 7.42. The molecule has 0 spiro atoms. The third kappa shape index (κ3) is 4.33. The van der Waals surface area contributed by atoms with Gasteiger partial charge >= 0.3 is 0 Å². The summed E-state index contributed by atoms with van der Waals surface area (Å²) in [5.41, 5.74) is 3.90. The molecule has 0 radical (unpaired) electrons. The van der Waals surface area contributed by atoms with Crippen LogP contribution in [0.15, 0.2) is 52.2 Å². The molecule has 1 N–H and O–H groups in total. The molecule has 0 saturated carbocycles. The summed E-state index contributed by atoms with van der Waals surface area (Å²) in [4.78, 5) is 26.3. The molecule has 2 aromatic carbocycles. The maximum absolute atomic E-state index is 13.2. The summed E-state index contributed by atoms with van der Waals surface area (Å²) < 4.78 is 27.2. The quantitative estimate of drug-likeness (QED) is 0.613. The first-order valence-electron chi connectivity index (χ1n) is 10.4. The van der Waals surface area contributed by atoms with E-state index in [2.05, 4.69) is 5.32 Å². The Morgan fingerprint density at radius 2 is 1.66 bits per heavy atom. The largest absolute Gasteiger partial charge is 0.324 e. The topological polar surface area (TPSA) is 88.5 Å². The number of pyridine rings is 1. The van der Waals surface area contributed by atoms with E-state index in [4.69, 9.17) is 0 Å². The van der Waals surface area contributed by atoms with Crippen molar-refractivity contribution in [3.8, 4) is 0 Å². The molecule has 1 atom stereocenters. The van der Waals surface area contributed by atoms with Gasteiger partial charge in [0.25, 0.3) is 5.56 Å². The van der Waals surface area contributed by atoms with Crippen LogP contribution in [0.4, 0.5) is 5.69 Å². The Bertz CT molecular complexity index is 1340. The molecule has 3 rings (SSSR count). The van der Waals surface area contributed by atoms with Gasteiger partial charge in [-0.3, -0.25) is 14.2 Å². The van der Waals surface area contributed by atoms with Crippen LogP contribution in [-0.4, -0.2) is 37.3 Å². The number of anilines is 1. The molecule has 0 saturated heterocycles. The minimum Gasteiger partial charge on any atom is -0.324 e. The molecule has 3 aromatic rings. The van der Waals surface area contributed by atoms with Gasteiger partial charge in [0.2, 0.25) is 15.9 Å². The molecule has 0 aliphatic carbocycles. The minimum atomic E-state index is -3.55. The highest BCUT2D eigenvalue weighted by atomic mass is 32.2. The van der Waals surface area contributed by atoms with Gasteiger partial charge in [-0.15, -0.1) is 0 Å². The van der Waals surface area contributed by atoms with Crippen LogP contribution in [0.5, 0.6) is 0 Å². The van der Waals surface area contributed by atoms with Crippen molar-refractivity contribution in [2.45, 2.75) is 45.1 Å². The second-order valence-electron chi connectivity index (χ2n) is 8.24. The number of nitrogens with one attached hydrogen (secondary N) is 1. The molecule has 1 aromatic heterocycles. The summed E-state index contributed by atoms with van der Waals surface area (Å²) in [5.74, 6) is -0.331. The van der Waals surface area contributed by atoms with Crippen molar-refractivity contribution in [2.24, 2.45) is 0 Å². The highest BCUT2D eigenvalue weighted by molar-refractivity contribution is 7.89. The number of nitrogens with zero attached hydrogens (tertiary/aromatic N) is 2. The molecule has 32 heavy (non-hydrogen) atoms. The van der Waals surface area contributed by atoms with Gasteiger partial charge in [-0.05, 0) is 68.7 Å². The molecule has 7 nitrogen and oxygen atoms in total. The summed E-state index contributed by atoms with van der Waals surface area (Å²) in [6.07, 6.45) is 0.421. The van der Waals surface area contributed by atoms with E-state index in [9.17, 15) is 18.0 Å². The van der Waals surface area contributed by atoms with Gasteiger partial charge in [0, 0.05) is 31.2 Å². The SMILES string of the molecule is CCC(C(=O)Nc1ccc(S(=O)(=O)N(C)C)cc1)n1c(=O)cc(C)c2cc(C)cc(C)c21. The predicted molar refractivity (Wildman–Crippen MR) is 128 cm³/mol. The van der Waals surface area contributed by atoms with Gasteiger partial charge in [0.05, 0.1) is 10.4 Å². The molecular formula is C24H29N3O4S. The van der Waals surface area contributed by atoms with Crippen LogP contribution >= 0.6 is 0 Å². The van der Waals surface area contributed by atoms with Crippen molar-refractivity contribution in [2.75, 3.05) is 19.4 Å². The summed E-state index contributed by atoms with van der Waals surface area (Å²) in [6.45, 7) is 7.71. The first-order chi connectivity index (χ1) is 15.0. The summed E-state index contributed by atoms with van der Waals surface area (Å²) in [6, 6.07) is 10.9. The molecule has 1 heterocycles. The fraction of sp³-hybridized carbons (Fsp3) is 0.333. The minimum absolute atomic E-state index is 0.138. The smallest absolute Gasteiger partial charge is 0.252 e. The molecule has 1 amide bonds. The van der Waals surface area contributed by atoms with E-state index in [1.54, 1.807) is 22.8 Å². The normalized spacial score (nSPS) is 12.8. The van der Waals surface area contributed by atoms with Crippen LogP contribution in [0.25, 0.3) is 10.9 Å². The fourth-order valence-corrected chi connectivity index (χ4v) is 4.87. The average Bonchev–Trinajstić information content (AvgIpc) is 2.71. The first kappa shape index (κ1) is 23.7. The lowest BCUT2D eigenvalue weighted by Crippen LogP contribution is -2.33. The van der Waals surface area contributed by atoms with Gasteiger partial charge in [-0.25, -0.2) is 12.7 Å². The first-order valence-corrected chi connectivity index (χ1v) is 11.9. The van der Waals surface area contributed by atoms with Gasteiger partial charge < -0.3 is 5.32 Å². The van der Waals surface area contributed by atoms with Crippen LogP contribution in [0.1, 0.15) is 36.1 Å². The maximum Gasteiger partial charge on any atom is 0.252 e. The Labute approximate surface area is 188 Å². The van der Waals surface area contributed by atoms with Gasteiger partial charge in [-0.1, -0.05) is 18.6 Å². The van der Waals surface area contributed by atoms with Crippen LogP contribution < -0.4 is 10.9 Å². The monoisotopic (exact) mass is 455 g/mol. The number of benzene rings is 2. The van der Waals surface area contributed by atoms with E-state index in [1.165, 1.54) is 26.2 Å². The highest BCUT2D eigenvalue weighted by Crippen LogP contribution is 2.26. The van der Waals surface area contributed by atoms with E-state index in [1.807, 2.05) is 39.8 Å². The summed E-state index contributed by atoms with van der Waals surface area (Å²) in [7, 11) is -0.629. The van der Waals surface area contributed by atoms with Gasteiger partial charge in [0.1, 0.15) is 6.04 Å². The maximum atomic E-state index is 13.2. The van der Waals surface area contributed by atoms with Crippen LogP contribution in [0.3, 0.4) is 0 Å². The highest BCUT2D eigenvalue weighted by Gasteiger charge is 2.24. The summed E-state index contributed by atoms with van der Waals surface area (Å²) >= 11 is 0. The Kier molecular flexibility index (Phi) is 6.57. The zero-order valence-electron chi connectivity index (χ0n) is 19.3. The molecule has 0 aliphatic heterocycles. The van der Waals surface area contributed by atoms with Crippen LogP contribution in [0.2, 0.25) is 0 Å². The molecule has 0 fully saturated rings. The van der Waals surface area contributed by atoms with E-state index in [0.717, 1.165) is 31.9 Å². The lowest BCUT2D eigenvalue weighted by Gasteiger charge is -2.22. The second kappa shape index (κ2) is 8.88. The zero-order chi connectivity index (χ0) is 23.8. The number of sulfonamides is 1. The van der Waals surface area contributed by atoms with Crippen molar-refractivity contribution in [1.29, 1.82) is 0 Å². The molecular weight excluding hydrogens is 426 g/mol. The molecule has 0 aliphatic rings. The fourth-order valence-electron chi connectivity index (χ4n) is 3.96. The molecule has 8 heteroatoms. The van der Waals surface area contributed by atoms with Crippen molar-refractivity contribution >= 4 is 32.5 Å². The summed E-state index contributed by atoms with van der Waals surface area (Å²) in [5, 5.41) is 3.78. The molecule has 0 bridgehead atoms.